The number of ether oxygens (including phenoxy) is 2. The van der Waals surface area contributed by atoms with E-state index < -0.39 is 11.7 Å². The molecule has 6 nitrogen and oxygen atoms in total. The minimum Gasteiger partial charge on any atom is -0.484 e. The third-order valence-corrected chi connectivity index (χ3v) is 3.73. The first-order valence-electron chi connectivity index (χ1n) is 8.82. The zero-order valence-electron chi connectivity index (χ0n) is 15.6. The van der Waals surface area contributed by atoms with E-state index >= 15 is 0 Å². The third-order valence-electron chi connectivity index (χ3n) is 3.73. The summed E-state index contributed by atoms with van der Waals surface area (Å²) in [7, 11) is 0. The molecule has 0 spiro atoms. The number of hydrogen-bond donors (Lipinski definition) is 2. The normalized spacial score (nSPS) is 10.1. The summed E-state index contributed by atoms with van der Waals surface area (Å²) in [4.78, 5) is 23.2. The summed E-state index contributed by atoms with van der Waals surface area (Å²) in [6.45, 7) is 1.04. The van der Waals surface area contributed by atoms with Crippen molar-refractivity contribution in [1.29, 1.82) is 0 Å². The molecule has 0 aliphatic heterocycles. The molecule has 0 saturated carbocycles. The molecule has 0 aromatic heterocycles. The van der Waals surface area contributed by atoms with E-state index in [1.54, 1.807) is 24.3 Å². The molecule has 2 amide bonds. The van der Waals surface area contributed by atoms with Gasteiger partial charge in [-0.15, -0.1) is 0 Å². The van der Waals surface area contributed by atoms with E-state index in [1.165, 1.54) is 19.1 Å². The van der Waals surface area contributed by atoms with Gasteiger partial charge in [-0.25, -0.2) is 4.39 Å². The number of amides is 2. The Bertz CT molecular complexity index is 991. The van der Waals surface area contributed by atoms with Gasteiger partial charge < -0.3 is 20.1 Å². The molecule has 29 heavy (non-hydrogen) atoms. The van der Waals surface area contributed by atoms with Gasteiger partial charge in [-0.05, 0) is 54.6 Å². The molecule has 148 valence electrons. The molecular weight excluding hydrogens is 375 g/mol. The van der Waals surface area contributed by atoms with Crippen molar-refractivity contribution in [2.75, 3.05) is 17.2 Å². The van der Waals surface area contributed by atoms with E-state index in [4.69, 9.17) is 9.47 Å². The number of carbonyl (C=O) groups is 2. The molecular formula is C22H19FN2O4. The van der Waals surface area contributed by atoms with Crippen molar-refractivity contribution in [3.63, 3.8) is 0 Å². The van der Waals surface area contributed by atoms with Crippen LogP contribution in [0.1, 0.15) is 6.92 Å². The van der Waals surface area contributed by atoms with E-state index in [1.807, 2.05) is 30.3 Å². The second kappa shape index (κ2) is 9.36. The average molecular weight is 394 g/mol. The fraction of sp³-hybridized carbons (Fsp3) is 0.0909. The van der Waals surface area contributed by atoms with E-state index in [0.29, 0.717) is 22.9 Å². The fourth-order valence-electron chi connectivity index (χ4n) is 2.47. The topological polar surface area (TPSA) is 76.7 Å². The van der Waals surface area contributed by atoms with Crippen LogP contribution in [-0.4, -0.2) is 18.4 Å². The number of carbonyl (C=O) groups excluding carboxylic acids is 2. The van der Waals surface area contributed by atoms with Gasteiger partial charge in [0.1, 0.15) is 23.1 Å². The van der Waals surface area contributed by atoms with Crippen LogP contribution in [0.3, 0.4) is 0 Å². The van der Waals surface area contributed by atoms with Gasteiger partial charge in [0.05, 0.1) is 5.69 Å². The van der Waals surface area contributed by atoms with Crippen LogP contribution >= 0.6 is 0 Å². The molecule has 0 radical (unpaired) electrons. The average Bonchev–Trinajstić information content (AvgIpc) is 2.70. The molecule has 0 unspecified atom stereocenters. The second-order valence-electron chi connectivity index (χ2n) is 6.10. The van der Waals surface area contributed by atoms with Crippen molar-refractivity contribution in [1.82, 2.24) is 0 Å². The van der Waals surface area contributed by atoms with E-state index in [-0.39, 0.29) is 18.2 Å². The Hall–Kier alpha value is -3.87. The lowest BCUT2D eigenvalue weighted by molar-refractivity contribution is -0.118. The molecule has 0 aliphatic rings. The van der Waals surface area contributed by atoms with Crippen LogP contribution in [0, 0.1) is 5.82 Å². The van der Waals surface area contributed by atoms with Gasteiger partial charge in [0.25, 0.3) is 5.91 Å². The first-order chi connectivity index (χ1) is 14.0. The largest absolute Gasteiger partial charge is 0.484 e. The predicted octanol–water partition coefficient (Wildman–Crippen LogP) is 4.59. The fourth-order valence-corrected chi connectivity index (χ4v) is 2.47. The van der Waals surface area contributed by atoms with Crippen LogP contribution in [0.15, 0.2) is 72.8 Å². The summed E-state index contributed by atoms with van der Waals surface area (Å²) in [6, 6.07) is 20.0. The number of rotatable bonds is 7. The lowest BCUT2D eigenvalue weighted by Gasteiger charge is -2.11. The maximum atomic E-state index is 13.9. The smallest absolute Gasteiger partial charge is 0.262 e. The van der Waals surface area contributed by atoms with Crippen LogP contribution in [0.5, 0.6) is 17.2 Å². The van der Waals surface area contributed by atoms with E-state index in [2.05, 4.69) is 10.6 Å². The monoisotopic (exact) mass is 394 g/mol. The Labute approximate surface area is 167 Å². The summed E-state index contributed by atoms with van der Waals surface area (Å²) in [5, 5.41) is 4.95. The van der Waals surface area contributed by atoms with Crippen LogP contribution in [0.2, 0.25) is 0 Å². The van der Waals surface area contributed by atoms with Gasteiger partial charge in [-0.1, -0.05) is 18.2 Å². The van der Waals surface area contributed by atoms with Crippen molar-refractivity contribution in [3.8, 4) is 17.2 Å². The summed E-state index contributed by atoms with van der Waals surface area (Å²) >= 11 is 0. The van der Waals surface area contributed by atoms with Gasteiger partial charge in [-0.3, -0.25) is 9.59 Å². The molecule has 0 atom stereocenters. The number of benzene rings is 3. The first-order valence-corrected chi connectivity index (χ1v) is 8.82. The number of para-hydroxylation sites is 1. The van der Waals surface area contributed by atoms with Gasteiger partial charge in [0.2, 0.25) is 5.91 Å². The summed E-state index contributed by atoms with van der Waals surface area (Å²) in [5.74, 6) is 0.363. The van der Waals surface area contributed by atoms with Gasteiger partial charge in [-0.2, -0.15) is 0 Å². The van der Waals surface area contributed by atoms with Crippen LogP contribution in [0.25, 0.3) is 0 Å². The highest BCUT2D eigenvalue weighted by molar-refractivity contribution is 5.94. The van der Waals surface area contributed by atoms with Crippen LogP contribution < -0.4 is 20.1 Å². The molecule has 0 heterocycles. The second-order valence-corrected chi connectivity index (χ2v) is 6.10. The number of nitrogens with one attached hydrogen (secondary N) is 2. The maximum absolute atomic E-state index is 13.9. The summed E-state index contributed by atoms with van der Waals surface area (Å²) in [5.41, 5.74) is 0.334. The van der Waals surface area contributed by atoms with Crippen LogP contribution in [0.4, 0.5) is 15.8 Å². The Balaban J connectivity index is 1.53. The lowest BCUT2D eigenvalue weighted by Crippen LogP contribution is -2.21. The van der Waals surface area contributed by atoms with Crippen LogP contribution in [-0.2, 0) is 9.59 Å². The third kappa shape index (κ3) is 6.07. The van der Waals surface area contributed by atoms with Gasteiger partial charge >= 0.3 is 0 Å². The van der Waals surface area contributed by atoms with E-state index in [9.17, 15) is 14.0 Å². The highest BCUT2D eigenvalue weighted by Gasteiger charge is 2.10. The minimum absolute atomic E-state index is 0.0449. The number of halogens is 1. The highest BCUT2D eigenvalue weighted by atomic mass is 19.1. The van der Waals surface area contributed by atoms with E-state index in [0.717, 1.165) is 6.07 Å². The quantitative estimate of drug-likeness (QED) is 0.614. The number of hydrogen-bond acceptors (Lipinski definition) is 4. The SMILES string of the molecule is CC(=O)Nc1ccc(F)c(NC(=O)COc2ccc(Oc3ccccc3)cc2)c1. The van der Waals surface area contributed by atoms with Crippen molar-refractivity contribution < 1.29 is 23.5 Å². The van der Waals surface area contributed by atoms with Gasteiger partial charge in [0, 0.05) is 12.6 Å². The standard InChI is InChI=1S/C22H19FN2O4/c1-15(26)24-16-7-12-20(23)21(13-16)25-22(27)14-28-17-8-10-19(11-9-17)29-18-5-3-2-4-6-18/h2-13H,14H2,1H3,(H,24,26)(H,25,27). The molecule has 0 saturated heterocycles. The van der Waals surface area contributed by atoms with Gasteiger partial charge in [0.15, 0.2) is 6.61 Å². The zero-order valence-corrected chi connectivity index (χ0v) is 15.6. The maximum Gasteiger partial charge on any atom is 0.262 e. The lowest BCUT2D eigenvalue weighted by atomic mass is 10.2. The van der Waals surface area contributed by atoms with Crippen molar-refractivity contribution in [2.24, 2.45) is 0 Å². The zero-order chi connectivity index (χ0) is 20.6. The highest BCUT2D eigenvalue weighted by Crippen LogP contribution is 2.24. The van der Waals surface area contributed by atoms with Crippen molar-refractivity contribution in [3.05, 3.63) is 78.6 Å². The summed E-state index contributed by atoms with van der Waals surface area (Å²) in [6.07, 6.45) is 0. The molecule has 3 aromatic carbocycles. The molecule has 2 N–H and O–H groups in total. The molecule has 0 aliphatic carbocycles. The Kier molecular flexibility index (Phi) is 6.42. The molecule has 0 fully saturated rings. The molecule has 3 rings (SSSR count). The first kappa shape index (κ1) is 19.9. The Morgan fingerprint density at radius 2 is 1.52 bits per heavy atom. The molecule has 7 heteroatoms. The van der Waals surface area contributed by atoms with Crippen molar-refractivity contribution >= 4 is 23.2 Å². The molecule has 0 bridgehead atoms. The Morgan fingerprint density at radius 3 is 2.21 bits per heavy atom. The number of anilines is 2. The molecule has 3 aromatic rings. The Morgan fingerprint density at radius 1 is 0.862 bits per heavy atom. The minimum atomic E-state index is -0.616. The summed E-state index contributed by atoms with van der Waals surface area (Å²) < 4.78 is 25.0. The predicted molar refractivity (Wildman–Crippen MR) is 108 cm³/mol. The van der Waals surface area contributed by atoms with Crippen molar-refractivity contribution in [2.45, 2.75) is 6.92 Å².